The lowest BCUT2D eigenvalue weighted by Gasteiger charge is -2.26. The van der Waals surface area contributed by atoms with E-state index >= 15 is 0 Å². The molecule has 0 radical (unpaired) electrons. The highest BCUT2D eigenvalue weighted by Crippen LogP contribution is 2.32. The molecular formula is C24H28N2O3. The molecule has 29 heavy (non-hydrogen) atoms. The van der Waals surface area contributed by atoms with Gasteiger partial charge in [-0.05, 0) is 61.9 Å². The SMILES string of the molecule is COc1cc(CN[C@@H]2CCCc3ccccc32)ccc1OCc1c(C)noc1C. The van der Waals surface area contributed by atoms with Crippen LogP contribution in [0.3, 0.4) is 0 Å². The van der Waals surface area contributed by atoms with E-state index in [1.807, 2.05) is 26.0 Å². The van der Waals surface area contributed by atoms with Crippen molar-refractivity contribution in [1.82, 2.24) is 10.5 Å². The van der Waals surface area contributed by atoms with E-state index in [1.165, 1.54) is 36.0 Å². The Bertz CT molecular complexity index is 961. The maximum atomic E-state index is 5.98. The zero-order valence-electron chi connectivity index (χ0n) is 17.3. The van der Waals surface area contributed by atoms with E-state index < -0.39 is 0 Å². The fourth-order valence-electron chi connectivity index (χ4n) is 4.01. The third-order valence-electron chi connectivity index (χ3n) is 5.70. The molecule has 1 N–H and O–H groups in total. The average molecular weight is 392 g/mol. The molecular weight excluding hydrogens is 364 g/mol. The molecule has 1 aliphatic carbocycles. The number of fused-ring (bicyclic) bond motifs is 1. The van der Waals surface area contributed by atoms with Gasteiger partial charge in [0.1, 0.15) is 12.4 Å². The molecule has 4 rings (SSSR count). The van der Waals surface area contributed by atoms with E-state index in [-0.39, 0.29) is 0 Å². The van der Waals surface area contributed by atoms with E-state index in [9.17, 15) is 0 Å². The fraction of sp³-hybridized carbons (Fsp3) is 0.375. The molecule has 0 saturated carbocycles. The summed E-state index contributed by atoms with van der Waals surface area (Å²) >= 11 is 0. The van der Waals surface area contributed by atoms with Crippen LogP contribution >= 0.6 is 0 Å². The van der Waals surface area contributed by atoms with Gasteiger partial charge in [0.05, 0.1) is 18.4 Å². The van der Waals surface area contributed by atoms with Crippen LogP contribution in [0.1, 0.15) is 52.6 Å². The van der Waals surface area contributed by atoms with Crippen molar-refractivity contribution >= 4 is 0 Å². The van der Waals surface area contributed by atoms with Gasteiger partial charge >= 0.3 is 0 Å². The quantitative estimate of drug-likeness (QED) is 0.610. The van der Waals surface area contributed by atoms with Crippen molar-refractivity contribution in [3.05, 3.63) is 76.2 Å². The van der Waals surface area contributed by atoms with Gasteiger partial charge in [-0.3, -0.25) is 0 Å². The largest absolute Gasteiger partial charge is 0.493 e. The Kier molecular flexibility index (Phi) is 5.86. The van der Waals surface area contributed by atoms with Crippen LogP contribution in [0.2, 0.25) is 0 Å². The Morgan fingerprint density at radius 2 is 2.00 bits per heavy atom. The third-order valence-corrected chi connectivity index (χ3v) is 5.70. The maximum Gasteiger partial charge on any atom is 0.161 e. The first-order valence-electron chi connectivity index (χ1n) is 10.2. The van der Waals surface area contributed by atoms with Crippen LogP contribution in [-0.4, -0.2) is 12.3 Å². The monoisotopic (exact) mass is 392 g/mol. The van der Waals surface area contributed by atoms with Crippen molar-refractivity contribution in [2.75, 3.05) is 7.11 Å². The van der Waals surface area contributed by atoms with Crippen molar-refractivity contribution in [3.8, 4) is 11.5 Å². The number of hydrogen-bond acceptors (Lipinski definition) is 5. The molecule has 5 heteroatoms. The van der Waals surface area contributed by atoms with Crippen molar-refractivity contribution < 1.29 is 14.0 Å². The highest BCUT2D eigenvalue weighted by molar-refractivity contribution is 5.43. The minimum atomic E-state index is 0.404. The summed E-state index contributed by atoms with van der Waals surface area (Å²) in [5.41, 5.74) is 5.92. The number of ether oxygens (including phenoxy) is 2. The molecule has 2 aromatic carbocycles. The third kappa shape index (κ3) is 4.30. The molecule has 1 aliphatic rings. The molecule has 0 fully saturated rings. The molecule has 0 unspecified atom stereocenters. The van der Waals surface area contributed by atoms with Crippen LogP contribution in [0.4, 0.5) is 0 Å². The predicted molar refractivity (Wildman–Crippen MR) is 112 cm³/mol. The van der Waals surface area contributed by atoms with Gasteiger partial charge in [0.15, 0.2) is 11.5 Å². The van der Waals surface area contributed by atoms with E-state index in [0.29, 0.717) is 12.6 Å². The summed E-state index contributed by atoms with van der Waals surface area (Å²) in [6, 6.07) is 15.3. The highest BCUT2D eigenvalue weighted by Gasteiger charge is 2.19. The Labute approximate surface area is 172 Å². The summed E-state index contributed by atoms with van der Waals surface area (Å²) in [6.45, 7) is 5.02. The van der Waals surface area contributed by atoms with Crippen molar-refractivity contribution in [2.24, 2.45) is 0 Å². The maximum absolute atomic E-state index is 5.98. The highest BCUT2D eigenvalue weighted by atomic mass is 16.5. The summed E-state index contributed by atoms with van der Waals surface area (Å²) in [5.74, 6) is 2.24. The molecule has 1 aromatic heterocycles. The molecule has 5 nitrogen and oxygen atoms in total. The zero-order valence-corrected chi connectivity index (χ0v) is 17.3. The molecule has 1 atom stereocenters. The number of nitrogens with zero attached hydrogens (tertiary/aromatic N) is 1. The van der Waals surface area contributed by atoms with Gasteiger partial charge in [0.2, 0.25) is 0 Å². The van der Waals surface area contributed by atoms with Gasteiger partial charge in [-0.15, -0.1) is 0 Å². The number of nitrogens with one attached hydrogen (secondary N) is 1. The van der Waals surface area contributed by atoms with Crippen LogP contribution in [0, 0.1) is 13.8 Å². The Hall–Kier alpha value is -2.79. The smallest absolute Gasteiger partial charge is 0.161 e. The Balaban J connectivity index is 1.42. The molecule has 0 bridgehead atoms. The molecule has 1 heterocycles. The van der Waals surface area contributed by atoms with E-state index in [4.69, 9.17) is 14.0 Å². The predicted octanol–water partition coefficient (Wildman–Crippen LogP) is 5.05. The number of methoxy groups -OCH3 is 1. The first-order valence-corrected chi connectivity index (χ1v) is 10.2. The molecule has 0 spiro atoms. The van der Waals surface area contributed by atoms with Crippen molar-refractivity contribution in [1.29, 1.82) is 0 Å². The van der Waals surface area contributed by atoms with Crippen LogP contribution < -0.4 is 14.8 Å². The molecule has 0 aliphatic heterocycles. The first kappa shape index (κ1) is 19.5. The lowest BCUT2D eigenvalue weighted by Crippen LogP contribution is -2.24. The molecule has 0 saturated heterocycles. The lowest BCUT2D eigenvalue weighted by molar-refractivity contribution is 0.281. The second-order valence-corrected chi connectivity index (χ2v) is 7.60. The molecule has 152 valence electrons. The number of rotatable bonds is 7. The molecule has 3 aromatic rings. The van der Waals surface area contributed by atoms with Crippen LogP contribution in [0.15, 0.2) is 47.0 Å². The van der Waals surface area contributed by atoms with Gasteiger partial charge in [0.25, 0.3) is 0 Å². The van der Waals surface area contributed by atoms with Crippen molar-refractivity contribution in [2.45, 2.75) is 52.3 Å². The summed E-state index contributed by atoms with van der Waals surface area (Å²) in [7, 11) is 1.67. The van der Waals surface area contributed by atoms with Crippen LogP contribution in [0.5, 0.6) is 11.5 Å². The van der Waals surface area contributed by atoms with Gasteiger partial charge in [-0.25, -0.2) is 0 Å². The number of aromatic nitrogens is 1. The summed E-state index contributed by atoms with van der Waals surface area (Å²) in [6.07, 6.45) is 3.58. The Morgan fingerprint density at radius 1 is 1.14 bits per heavy atom. The van der Waals surface area contributed by atoms with Crippen LogP contribution in [-0.2, 0) is 19.6 Å². The number of hydrogen-bond donors (Lipinski definition) is 1. The normalized spacial score (nSPS) is 15.8. The summed E-state index contributed by atoms with van der Waals surface area (Å²) in [4.78, 5) is 0. The van der Waals surface area contributed by atoms with Gasteiger partial charge < -0.3 is 19.3 Å². The van der Waals surface area contributed by atoms with Gasteiger partial charge in [-0.2, -0.15) is 0 Å². The summed E-state index contributed by atoms with van der Waals surface area (Å²) < 4.78 is 16.8. The second kappa shape index (κ2) is 8.70. The van der Waals surface area contributed by atoms with E-state index in [2.05, 4.69) is 40.8 Å². The summed E-state index contributed by atoms with van der Waals surface area (Å²) in [5, 5.41) is 7.69. The van der Waals surface area contributed by atoms with E-state index in [0.717, 1.165) is 35.1 Å². The van der Waals surface area contributed by atoms with Gasteiger partial charge in [0, 0.05) is 12.6 Å². The zero-order chi connectivity index (χ0) is 20.2. The fourth-order valence-corrected chi connectivity index (χ4v) is 4.01. The minimum absolute atomic E-state index is 0.404. The second-order valence-electron chi connectivity index (χ2n) is 7.60. The topological polar surface area (TPSA) is 56.5 Å². The average Bonchev–Trinajstić information content (AvgIpc) is 3.08. The van der Waals surface area contributed by atoms with Gasteiger partial charge in [-0.1, -0.05) is 35.5 Å². The lowest BCUT2D eigenvalue weighted by atomic mass is 9.87. The number of benzene rings is 2. The van der Waals surface area contributed by atoms with Crippen LogP contribution in [0.25, 0.3) is 0 Å². The Morgan fingerprint density at radius 3 is 2.79 bits per heavy atom. The van der Waals surface area contributed by atoms with Crippen molar-refractivity contribution in [3.63, 3.8) is 0 Å². The standard InChI is InChI=1S/C24H28N2O3/c1-16-21(17(2)29-26-16)15-28-23-12-11-18(13-24(23)27-3)14-25-22-10-6-8-19-7-4-5-9-20(19)22/h4-5,7,9,11-13,22,25H,6,8,10,14-15H2,1-3H3/t22-/m1/s1. The first-order chi connectivity index (χ1) is 14.2. The minimum Gasteiger partial charge on any atom is -0.493 e. The van der Waals surface area contributed by atoms with E-state index in [1.54, 1.807) is 7.11 Å². The molecule has 0 amide bonds. The number of aryl methyl sites for hydroxylation is 3.